The van der Waals surface area contributed by atoms with Crippen molar-refractivity contribution < 1.29 is 17.2 Å². The molecule has 1 aliphatic heterocycles. The number of nitrogens with two attached hydrogens (primary N) is 1. The van der Waals surface area contributed by atoms with Crippen molar-refractivity contribution in [2.75, 3.05) is 12.3 Å². The van der Waals surface area contributed by atoms with Gasteiger partial charge in [-0.2, -0.15) is 4.31 Å². The van der Waals surface area contributed by atoms with Gasteiger partial charge in [-0.1, -0.05) is 6.92 Å². The topological polar surface area (TPSA) is 63.4 Å². The second-order valence-electron chi connectivity index (χ2n) is 5.42. The van der Waals surface area contributed by atoms with Gasteiger partial charge in [-0.15, -0.1) is 0 Å². The number of halogens is 2. The third kappa shape index (κ3) is 2.64. The van der Waals surface area contributed by atoms with Crippen LogP contribution in [0.15, 0.2) is 17.0 Å². The van der Waals surface area contributed by atoms with Gasteiger partial charge in [0, 0.05) is 18.3 Å². The summed E-state index contributed by atoms with van der Waals surface area (Å²) in [4.78, 5) is -0.684. The summed E-state index contributed by atoms with van der Waals surface area (Å²) in [5.41, 5.74) is 5.32. The van der Waals surface area contributed by atoms with Crippen molar-refractivity contribution in [3.63, 3.8) is 0 Å². The molecule has 2 rings (SSSR count). The lowest BCUT2D eigenvalue weighted by atomic mass is 9.97. The molecule has 2 N–H and O–H groups in total. The van der Waals surface area contributed by atoms with Crippen LogP contribution in [0.1, 0.15) is 26.7 Å². The highest BCUT2D eigenvalue weighted by molar-refractivity contribution is 7.89. The number of rotatable bonds is 2. The molecule has 1 fully saturated rings. The van der Waals surface area contributed by atoms with E-state index in [0.29, 0.717) is 13.0 Å². The van der Waals surface area contributed by atoms with Crippen LogP contribution in [0, 0.1) is 17.6 Å². The van der Waals surface area contributed by atoms with E-state index in [1.807, 2.05) is 6.92 Å². The lowest BCUT2D eigenvalue weighted by Gasteiger charge is -2.35. The summed E-state index contributed by atoms with van der Waals surface area (Å²) in [6.45, 7) is 4.01. The van der Waals surface area contributed by atoms with Crippen molar-refractivity contribution >= 4 is 15.7 Å². The Hall–Kier alpha value is -1.21. The predicted octanol–water partition coefficient (Wildman–Crippen LogP) is 2.36. The van der Waals surface area contributed by atoms with Crippen LogP contribution in [0.3, 0.4) is 0 Å². The summed E-state index contributed by atoms with van der Waals surface area (Å²) in [7, 11) is -4.08. The van der Waals surface area contributed by atoms with E-state index in [1.54, 1.807) is 6.92 Å². The van der Waals surface area contributed by atoms with Crippen molar-refractivity contribution in [3.8, 4) is 0 Å². The van der Waals surface area contributed by atoms with Crippen LogP contribution in [0.25, 0.3) is 0 Å². The first-order valence-electron chi connectivity index (χ1n) is 6.50. The van der Waals surface area contributed by atoms with Crippen molar-refractivity contribution in [1.29, 1.82) is 0 Å². The Kier molecular flexibility index (Phi) is 4.02. The van der Waals surface area contributed by atoms with Crippen LogP contribution in [-0.4, -0.2) is 25.3 Å². The molecule has 0 saturated carbocycles. The largest absolute Gasteiger partial charge is 0.399 e. The van der Waals surface area contributed by atoms with Gasteiger partial charge in [0.05, 0.1) is 0 Å². The number of hydrogen-bond donors (Lipinski definition) is 1. The Morgan fingerprint density at radius 2 is 1.90 bits per heavy atom. The summed E-state index contributed by atoms with van der Waals surface area (Å²) >= 11 is 0. The number of benzene rings is 1. The molecule has 1 saturated heterocycles. The minimum Gasteiger partial charge on any atom is -0.399 e. The van der Waals surface area contributed by atoms with Crippen LogP contribution < -0.4 is 5.73 Å². The molecule has 0 amide bonds. The maximum atomic E-state index is 13.8. The van der Waals surface area contributed by atoms with E-state index < -0.39 is 26.6 Å². The fraction of sp³-hybridized carbons (Fsp3) is 0.538. The Morgan fingerprint density at radius 1 is 1.25 bits per heavy atom. The Bertz CT molecular complexity index is 619. The summed E-state index contributed by atoms with van der Waals surface area (Å²) < 4.78 is 53.5. The molecule has 2 atom stereocenters. The van der Waals surface area contributed by atoms with E-state index in [1.165, 1.54) is 4.31 Å². The van der Waals surface area contributed by atoms with Crippen molar-refractivity contribution in [1.82, 2.24) is 4.31 Å². The third-order valence-electron chi connectivity index (χ3n) is 3.66. The zero-order chi connectivity index (χ0) is 15.1. The van der Waals surface area contributed by atoms with Gasteiger partial charge in [0.2, 0.25) is 10.0 Å². The molecule has 0 spiro atoms. The summed E-state index contributed by atoms with van der Waals surface area (Å²) in [6, 6.07) is 1.51. The van der Waals surface area contributed by atoms with Crippen molar-refractivity contribution in [3.05, 3.63) is 23.8 Å². The number of sulfonamides is 1. The van der Waals surface area contributed by atoms with E-state index >= 15 is 0 Å². The molecule has 0 aromatic heterocycles. The van der Waals surface area contributed by atoms with E-state index in [0.717, 1.165) is 18.6 Å². The third-order valence-corrected chi connectivity index (χ3v) is 5.64. The molecule has 112 valence electrons. The first-order chi connectivity index (χ1) is 9.23. The molecule has 0 aliphatic carbocycles. The molecular formula is C13H18F2N2O2S. The van der Waals surface area contributed by atoms with Crippen LogP contribution in [0.5, 0.6) is 0 Å². The fourth-order valence-electron chi connectivity index (χ4n) is 2.48. The first kappa shape index (κ1) is 15.2. The highest BCUT2D eigenvalue weighted by Crippen LogP contribution is 2.30. The van der Waals surface area contributed by atoms with Gasteiger partial charge in [-0.05, 0) is 37.8 Å². The van der Waals surface area contributed by atoms with E-state index in [2.05, 4.69) is 0 Å². The molecule has 1 aromatic rings. The second kappa shape index (κ2) is 5.29. The minimum atomic E-state index is -4.08. The lowest BCUT2D eigenvalue weighted by Crippen LogP contribution is -2.45. The normalized spacial score (nSPS) is 24.8. The minimum absolute atomic E-state index is 0.111. The van der Waals surface area contributed by atoms with E-state index in [-0.39, 0.29) is 17.6 Å². The molecule has 0 radical (unpaired) electrons. The summed E-state index contributed by atoms with van der Waals surface area (Å²) in [5.74, 6) is -2.43. The fourth-order valence-corrected chi connectivity index (χ4v) is 4.37. The number of nitrogen functional groups attached to an aromatic ring is 1. The number of anilines is 1. The SMILES string of the molecule is CC1CCC(C)N(S(=O)(=O)c2cc(N)cc(F)c2F)C1. The van der Waals surface area contributed by atoms with Crippen molar-refractivity contribution in [2.45, 2.75) is 37.6 Å². The van der Waals surface area contributed by atoms with Crippen LogP contribution >= 0.6 is 0 Å². The number of nitrogens with zero attached hydrogens (tertiary/aromatic N) is 1. The standard InChI is InChI=1S/C13H18F2N2O2S/c1-8-3-4-9(2)17(7-8)20(18,19)12-6-10(16)5-11(14)13(12)15/h5-6,8-9H,3-4,7,16H2,1-2H3. The van der Waals surface area contributed by atoms with Gasteiger partial charge in [-0.25, -0.2) is 17.2 Å². The Labute approximate surface area is 117 Å². The van der Waals surface area contributed by atoms with Gasteiger partial charge >= 0.3 is 0 Å². The van der Waals surface area contributed by atoms with Gasteiger partial charge in [0.15, 0.2) is 11.6 Å². The zero-order valence-corrected chi connectivity index (χ0v) is 12.3. The maximum absolute atomic E-state index is 13.8. The van der Waals surface area contributed by atoms with E-state index in [9.17, 15) is 17.2 Å². The maximum Gasteiger partial charge on any atom is 0.246 e. The molecule has 7 heteroatoms. The molecular weight excluding hydrogens is 286 g/mol. The predicted molar refractivity (Wildman–Crippen MR) is 72.5 cm³/mol. The smallest absolute Gasteiger partial charge is 0.246 e. The monoisotopic (exact) mass is 304 g/mol. The average Bonchev–Trinajstić information content (AvgIpc) is 2.36. The average molecular weight is 304 g/mol. The molecule has 20 heavy (non-hydrogen) atoms. The molecule has 0 bridgehead atoms. The van der Waals surface area contributed by atoms with Gasteiger partial charge < -0.3 is 5.73 Å². The molecule has 1 aromatic carbocycles. The second-order valence-corrected chi connectivity index (χ2v) is 7.28. The zero-order valence-electron chi connectivity index (χ0n) is 11.4. The quantitative estimate of drug-likeness (QED) is 0.853. The molecule has 1 aliphatic rings. The Balaban J connectivity index is 2.50. The molecule has 4 nitrogen and oxygen atoms in total. The van der Waals surface area contributed by atoms with Crippen molar-refractivity contribution in [2.24, 2.45) is 5.92 Å². The van der Waals surface area contributed by atoms with Gasteiger partial charge in [-0.3, -0.25) is 0 Å². The summed E-state index contributed by atoms with van der Waals surface area (Å²) in [5, 5.41) is 0. The first-order valence-corrected chi connectivity index (χ1v) is 7.94. The highest BCUT2D eigenvalue weighted by Gasteiger charge is 2.36. The van der Waals surface area contributed by atoms with E-state index in [4.69, 9.17) is 5.73 Å². The van der Waals surface area contributed by atoms with Crippen LogP contribution in [0.4, 0.5) is 14.5 Å². The molecule has 1 heterocycles. The van der Waals surface area contributed by atoms with Gasteiger partial charge in [0.25, 0.3) is 0 Å². The number of hydrogen-bond acceptors (Lipinski definition) is 3. The number of piperidine rings is 1. The lowest BCUT2D eigenvalue weighted by molar-refractivity contribution is 0.217. The van der Waals surface area contributed by atoms with Crippen LogP contribution in [-0.2, 0) is 10.0 Å². The Morgan fingerprint density at radius 3 is 2.55 bits per heavy atom. The summed E-state index contributed by atoms with van der Waals surface area (Å²) in [6.07, 6.45) is 1.62. The highest BCUT2D eigenvalue weighted by atomic mass is 32.2. The van der Waals surface area contributed by atoms with Crippen LogP contribution in [0.2, 0.25) is 0 Å². The molecule has 2 unspecified atom stereocenters. The van der Waals surface area contributed by atoms with Gasteiger partial charge in [0.1, 0.15) is 4.90 Å².